The highest BCUT2D eigenvalue weighted by atomic mass is 35.6. The molecule has 0 amide bonds. The molecule has 1 rings (SSSR count). The number of alkyl halides is 3. The molecule has 0 nitrogen and oxygen atoms in total. The molecule has 0 saturated carbocycles. The standard InChI is InChI=1S/C7H8.C7H16.C6H14.CHCl3/c1-7-5-3-2-4-6-7;1-3-5-7-6-4-2;1-3-5-6-4-2;2-1(3)4/h2-6H,1H3;3-7H2,1-2H3;3-6H2,1-2H3;1H. The molecule has 24 heavy (non-hydrogen) atoms. The molecule has 0 atom stereocenters. The van der Waals surface area contributed by atoms with Crippen LogP contribution in [0.4, 0.5) is 0 Å². The van der Waals surface area contributed by atoms with Gasteiger partial charge in [0.2, 0.25) is 0 Å². The van der Waals surface area contributed by atoms with Crippen LogP contribution < -0.4 is 0 Å². The smallest absolute Gasteiger partial charge is 0.0874 e. The van der Waals surface area contributed by atoms with Gasteiger partial charge in [-0.05, 0) is 6.92 Å². The molecule has 0 saturated heterocycles. The van der Waals surface area contributed by atoms with E-state index >= 15 is 0 Å². The molecule has 0 spiro atoms. The Morgan fingerprint density at radius 2 is 0.917 bits per heavy atom. The van der Waals surface area contributed by atoms with Gasteiger partial charge < -0.3 is 0 Å². The third kappa shape index (κ3) is 43.1. The van der Waals surface area contributed by atoms with Crippen LogP contribution in [0.5, 0.6) is 0 Å². The summed E-state index contributed by atoms with van der Waals surface area (Å²) in [6, 6.07) is 10.3. The number of halogens is 3. The Morgan fingerprint density at radius 3 is 1.12 bits per heavy atom. The molecule has 0 fully saturated rings. The van der Waals surface area contributed by atoms with E-state index in [1.807, 2.05) is 18.2 Å². The lowest BCUT2D eigenvalue weighted by atomic mass is 10.2. The van der Waals surface area contributed by atoms with Crippen molar-refractivity contribution >= 4 is 34.8 Å². The molecule has 0 aliphatic rings. The van der Waals surface area contributed by atoms with Crippen molar-refractivity contribution in [3.63, 3.8) is 0 Å². The summed E-state index contributed by atoms with van der Waals surface area (Å²) in [4.78, 5) is 0. The van der Waals surface area contributed by atoms with E-state index in [1.54, 1.807) is 0 Å². The first-order valence-corrected chi connectivity index (χ1v) is 10.7. The van der Waals surface area contributed by atoms with Gasteiger partial charge >= 0.3 is 0 Å². The van der Waals surface area contributed by atoms with E-state index in [2.05, 4.69) is 46.8 Å². The van der Waals surface area contributed by atoms with Crippen molar-refractivity contribution in [2.24, 2.45) is 0 Å². The summed E-state index contributed by atoms with van der Waals surface area (Å²) in [5.41, 5.74) is 1.32. The van der Waals surface area contributed by atoms with Gasteiger partial charge in [0.1, 0.15) is 0 Å². The minimum Gasteiger partial charge on any atom is -0.0874 e. The van der Waals surface area contributed by atoms with Gasteiger partial charge in [0.15, 0.2) is 4.30 Å². The molecule has 0 N–H and O–H groups in total. The topological polar surface area (TPSA) is 0 Å². The van der Waals surface area contributed by atoms with Crippen LogP contribution in [0, 0.1) is 6.92 Å². The van der Waals surface area contributed by atoms with Crippen molar-refractivity contribution in [3.8, 4) is 0 Å². The van der Waals surface area contributed by atoms with Crippen LogP contribution in [-0.2, 0) is 0 Å². The predicted octanol–water partition coefficient (Wildman–Crippen LogP) is 9.54. The Kier molecular flexibility index (Phi) is 33.6. The van der Waals surface area contributed by atoms with Crippen molar-refractivity contribution < 1.29 is 0 Å². The van der Waals surface area contributed by atoms with Crippen molar-refractivity contribution in [1.29, 1.82) is 0 Å². The van der Waals surface area contributed by atoms with Gasteiger partial charge in [0, 0.05) is 0 Å². The van der Waals surface area contributed by atoms with E-state index in [9.17, 15) is 0 Å². The fraction of sp³-hybridized carbons (Fsp3) is 0.714. The number of unbranched alkanes of at least 4 members (excludes halogenated alkanes) is 7. The van der Waals surface area contributed by atoms with E-state index in [0.717, 1.165) is 0 Å². The lowest BCUT2D eigenvalue weighted by Crippen LogP contribution is -1.70. The SMILES string of the molecule is CCCCCC.CCCCCCC.Cc1ccccc1.ClC(Cl)Cl. The summed E-state index contributed by atoms with van der Waals surface area (Å²) in [5, 5.41) is 0. The van der Waals surface area contributed by atoms with Crippen LogP contribution in [0.2, 0.25) is 0 Å². The van der Waals surface area contributed by atoms with Gasteiger partial charge in [-0.3, -0.25) is 0 Å². The van der Waals surface area contributed by atoms with Crippen molar-refractivity contribution in [3.05, 3.63) is 35.9 Å². The fourth-order valence-electron chi connectivity index (χ4n) is 1.71. The van der Waals surface area contributed by atoms with Crippen LogP contribution >= 0.6 is 34.8 Å². The van der Waals surface area contributed by atoms with E-state index < -0.39 is 4.30 Å². The number of hydrogen-bond donors (Lipinski definition) is 0. The third-order valence-corrected chi connectivity index (χ3v) is 3.10. The zero-order chi connectivity index (χ0) is 19.1. The van der Waals surface area contributed by atoms with Crippen LogP contribution in [0.1, 0.15) is 91.0 Å². The summed E-state index contributed by atoms with van der Waals surface area (Å²) < 4.78 is -0.750. The van der Waals surface area contributed by atoms with Crippen LogP contribution in [-0.4, -0.2) is 4.30 Å². The molecule has 144 valence electrons. The monoisotopic (exact) mass is 396 g/mol. The van der Waals surface area contributed by atoms with Crippen LogP contribution in [0.25, 0.3) is 0 Å². The number of rotatable bonds is 7. The number of aryl methyl sites for hydroxylation is 1. The second-order valence-electron chi connectivity index (χ2n) is 5.67. The molecule has 0 unspecified atom stereocenters. The second-order valence-corrected chi connectivity index (χ2v) is 7.65. The maximum atomic E-state index is 4.81. The van der Waals surface area contributed by atoms with Crippen molar-refractivity contribution in [2.75, 3.05) is 0 Å². The molecule has 1 aromatic carbocycles. The second kappa shape index (κ2) is 27.9. The average molecular weight is 398 g/mol. The van der Waals surface area contributed by atoms with Crippen molar-refractivity contribution in [1.82, 2.24) is 0 Å². The predicted molar refractivity (Wildman–Crippen MR) is 117 cm³/mol. The van der Waals surface area contributed by atoms with Gasteiger partial charge in [-0.25, -0.2) is 0 Å². The molecule has 1 aromatic rings. The van der Waals surface area contributed by atoms with E-state index in [0.29, 0.717) is 0 Å². The maximum Gasteiger partial charge on any atom is 0.180 e. The highest BCUT2D eigenvalue weighted by Crippen LogP contribution is 2.03. The zero-order valence-corrected chi connectivity index (χ0v) is 18.7. The Bertz CT molecular complexity index is 276. The lowest BCUT2D eigenvalue weighted by molar-refractivity contribution is 0.656. The zero-order valence-electron chi connectivity index (χ0n) is 16.5. The molecule has 0 radical (unpaired) electrons. The Morgan fingerprint density at radius 1 is 0.625 bits per heavy atom. The third-order valence-electron chi connectivity index (χ3n) is 3.10. The minimum atomic E-state index is -0.750. The van der Waals surface area contributed by atoms with Gasteiger partial charge in [0.25, 0.3) is 0 Å². The molecule has 0 aliphatic heterocycles. The quantitative estimate of drug-likeness (QED) is 0.317. The van der Waals surface area contributed by atoms with Crippen molar-refractivity contribution in [2.45, 2.75) is 96.7 Å². The summed E-state index contributed by atoms with van der Waals surface area (Å²) in [6.07, 6.45) is 12.5. The molecule has 0 bridgehead atoms. The maximum absolute atomic E-state index is 4.81. The first-order chi connectivity index (χ1) is 11.5. The van der Waals surface area contributed by atoms with Gasteiger partial charge in [0.05, 0.1) is 0 Å². The largest absolute Gasteiger partial charge is 0.180 e. The van der Waals surface area contributed by atoms with Gasteiger partial charge in [-0.1, -0.05) is 156 Å². The van der Waals surface area contributed by atoms with E-state index in [1.165, 1.54) is 63.4 Å². The minimum absolute atomic E-state index is 0.750. The van der Waals surface area contributed by atoms with E-state index in [4.69, 9.17) is 34.8 Å². The van der Waals surface area contributed by atoms with E-state index in [-0.39, 0.29) is 0 Å². The Hall–Kier alpha value is 0.0900. The summed E-state index contributed by atoms with van der Waals surface area (Å²) in [5.74, 6) is 0. The lowest BCUT2D eigenvalue weighted by Gasteiger charge is -1.90. The molecule has 3 heteroatoms. The van der Waals surface area contributed by atoms with Gasteiger partial charge in [-0.15, -0.1) is 0 Å². The van der Waals surface area contributed by atoms with Gasteiger partial charge in [-0.2, -0.15) is 0 Å². The highest BCUT2D eigenvalue weighted by Gasteiger charge is 1.80. The Balaban J connectivity index is -0.000000250. The van der Waals surface area contributed by atoms with Crippen LogP contribution in [0.15, 0.2) is 30.3 Å². The molecule has 0 heterocycles. The number of benzene rings is 1. The molecule has 0 aromatic heterocycles. The number of hydrogen-bond acceptors (Lipinski definition) is 0. The summed E-state index contributed by atoms with van der Waals surface area (Å²) >= 11 is 14.4. The first kappa shape index (κ1) is 28.9. The molecular weight excluding hydrogens is 359 g/mol. The highest BCUT2D eigenvalue weighted by molar-refractivity contribution is 6.63. The normalized spacial score (nSPS) is 9.04. The fourth-order valence-corrected chi connectivity index (χ4v) is 1.71. The molecule has 0 aliphatic carbocycles. The Labute approximate surface area is 167 Å². The summed E-state index contributed by atoms with van der Waals surface area (Å²) in [6.45, 7) is 11.0. The summed E-state index contributed by atoms with van der Waals surface area (Å²) in [7, 11) is 0. The molecular formula is C21H39Cl3. The average Bonchev–Trinajstić information content (AvgIpc) is 2.55. The first-order valence-electron chi connectivity index (χ1n) is 9.39. The van der Waals surface area contributed by atoms with Crippen LogP contribution in [0.3, 0.4) is 0 Å².